The Hall–Kier alpha value is -2.08. The van der Waals surface area contributed by atoms with Crippen molar-refractivity contribution in [1.82, 2.24) is 15.5 Å². The largest absolute Gasteiger partial charge is 0.377 e. The molecule has 2 N–H and O–H groups in total. The Morgan fingerprint density at radius 1 is 1.28 bits per heavy atom. The molecule has 1 amide bonds. The molecular weight excluding hydrogens is 364 g/mol. The summed E-state index contributed by atoms with van der Waals surface area (Å²) < 4.78 is 6.11. The predicted octanol–water partition coefficient (Wildman–Crippen LogP) is 3.21. The minimum atomic E-state index is -0.0213. The van der Waals surface area contributed by atoms with Crippen LogP contribution in [0.4, 0.5) is 0 Å². The molecule has 1 aromatic rings. The number of guanidine groups is 1. The third kappa shape index (κ3) is 7.35. The minimum Gasteiger partial charge on any atom is -0.377 e. The summed E-state index contributed by atoms with van der Waals surface area (Å²) >= 11 is 0. The summed E-state index contributed by atoms with van der Waals surface area (Å²) in [6.45, 7) is 10.5. The van der Waals surface area contributed by atoms with Crippen LogP contribution in [0.1, 0.15) is 52.1 Å². The quantitative estimate of drug-likeness (QED) is 0.566. The number of amides is 1. The van der Waals surface area contributed by atoms with Gasteiger partial charge in [0.05, 0.1) is 12.1 Å². The fraction of sp³-hybridized carbons (Fsp3) is 0.652. The first-order chi connectivity index (χ1) is 13.7. The van der Waals surface area contributed by atoms with Crippen LogP contribution >= 0.6 is 0 Å². The zero-order chi connectivity index (χ0) is 21.4. The number of nitrogens with one attached hydrogen (secondary N) is 2. The molecule has 3 unspecified atom stereocenters. The van der Waals surface area contributed by atoms with E-state index >= 15 is 0 Å². The molecule has 1 aliphatic heterocycles. The summed E-state index contributed by atoms with van der Waals surface area (Å²) in [6.07, 6.45) is 2.42. The van der Waals surface area contributed by atoms with Gasteiger partial charge >= 0.3 is 0 Å². The smallest absolute Gasteiger partial charge is 0.243 e. The lowest BCUT2D eigenvalue weighted by molar-refractivity contribution is -0.127. The molecule has 1 heterocycles. The van der Waals surface area contributed by atoms with Crippen LogP contribution in [0.2, 0.25) is 0 Å². The second-order valence-corrected chi connectivity index (χ2v) is 9.17. The Morgan fingerprint density at radius 3 is 2.59 bits per heavy atom. The zero-order valence-electron chi connectivity index (χ0n) is 18.9. The SMILES string of the molecule is CC(NC(=NCC(=O)N(C)C)NCC1CCCOC1C(C)(C)C)c1ccccc1. The molecule has 1 saturated heterocycles. The molecule has 0 bridgehead atoms. The number of carbonyl (C=O) groups is 1. The Balaban J connectivity index is 2.08. The fourth-order valence-electron chi connectivity index (χ4n) is 3.71. The van der Waals surface area contributed by atoms with Crippen LogP contribution in [-0.2, 0) is 9.53 Å². The van der Waals surface area contributed by atoms with Crippen LogP contribution < -0.4 is 10.6 Å². The average molecular weight is 403 g/mol. The molecule has 162 valence electrons. The van der Waals surface area contributed by atoms with Crippen molar-refractivity contribution < 1.29 is 9.53 Å². The van der Waals surface area contributed by atoms with E-state index in [9.17, 15) is 4.79 Å². The molecule has 0 spiro atoms. The van der Waals surface area contributed by atoms with Gasteiger partial charge in [-0.15, -0.1) is 0 Å². The van der Waals surface area contributed by atoms with Gasteiger partial charge in [0.25, 0.3) is 0 Å². The van der Waals surface area contributed by atoms with E-state index in [0.29, 0.717) is 11.9 Å². The van der Waals surface area contributed by atoms with Crippen LogP contribution in [0.15, 0.2) is 35.3 Å². The first-order valence-corrected chi connectivity index (χ1v) is 10.6. The Kier molecular flexibility index (Phi) is 8.50. The molecule has 3 atom stereocenters. The maximum Gasteiger partial charge on any atom is 0.243 e. The van der Waals surface area contributed by atoms with Gasteiger partial charge in [0.1, 0.15) is 6.54 Å². The van der Waals surface area contributed by atoms with Crippen molar-refractivity contribution in [3.8, 4) is 0 Å². The lowest BCUT2D eigenvalue weighted by Gasteiger charge is -2.40. The van der Waals surface area contributed by atoms with E-state index < -0.39 is 0 Å². The van der Waals surface area contributed by atoms with Crippen molar-refractivity contribution in [1.29, 1.82) is 0 Å². The fourth-order valence-corrected chi connectivity index (χ4v) is 3.71. The number of benzene rings is 1. The second-order valence-electron chi connectivity index (χ2n) is 9.17. The van der Waals surface area contributed by atoms with E-state index in [-0.39, 0.29) is 30.0 Å². The number of carbonyl (C=O) groups excluding carboxylic acids is 1. The number of likely N-dealkylation sites (N-methyl/N-ethyl adjacent to an activating group) is 1. The van der Waals surface area contributed by atoms with Gasteiger partial charge in [-0.05, 0) is 30.7 Å². The first-order valence-electron chi connectivity index (χ1n) is 10.6. The summed E-state index contributed by atoms with van der Waals surface area (Å²) in [7, 11) is 3.50. The van der Waals surface area contributed by atoms with Gasteiger partial charge < -0.3 is 20.3 Å². The monoisotopic (exact) mass is 402 g/mol. The summed E-state index contributed by atoms with van der Waals surface area (Å²) in [5.74, 6) is 1.05. The van der Waals surface area contributed by atoms with E-state index in [1.54, 1.807) is 19.0 Å². The molecule has 0 aliphatic carbocycles. The van der Waals surface area contributed by atoms with Crippen molar-refractivity contribution in [2.24, 2.45) is 16.3 Å². The van der Waals surface area contributed by atoms with E-state index in [0.717, 1.165) is 26.0 Å². The standard InChI is InChI=1S/C23H38N4O2/c1-17(18-11-8-7-9-12-18)26-22(25-16-20(28)27(5)6)24-15-19-13-10-14-29-21(19)23(2,3)4/h7-9,11-12,17,19,21H,10,13-16H2,1-6H3,(H2,24,25,26). The Labute approximate surface area is 176 Å². The van der Waals surface area contributed by atoms with Crippen molar-refractivity contribution in [2.45, 2.75) is 52.7 Å². The summed E-state index contributed by atoms with van der Waals surface area (Å²) in [5, 5.41) is 6.92. The molecule has 1 aliphatic rings. The van der Waals surface area contributed by atoms with Crippen LogP contribution in [0, 0.1) is 11.3 Å². The predicted molar refractivity (Wildman–Crippen MR) is 119 cm³/mol. The maximum absolute atomic E-state index is 12.0. The van der Waals surface area contributed by atoms with Gasteiger partial charge in [0.15, 0.2) is 5.96 Å². The summed E-state index contributed by atoms with van der Waals surface area (Å²) in [4.78, 5) is 18.1. The molecule has 1 aromatic carbocycles. The van der Waals surface area contributed by atoms with E-state index in [1.165, 1.54) is 5.56 Å². The first kappa shape index (κ1) is 23.2. The molecule has 0 radical (unpaired) electrons. The number of hydrogen-bond acceptors (Lipinski definition) is 3. The van der Waals surface area contributed by atoms with Gasteiger partial charge in [-0.1, -0.05) is 51.1 Å². The van der Waals surface area contributed by atoms with E-state index in [1.807, 2.05) is 18.2 Å². The van der Waals surface area contributed by atoms with Gasteiger partial charge in [-0.2, -0.15) is 0 Å². The highest BCUT2D eigenvalue weighted by atomic mass is 16.5. The summed E-state index contributed by atoms with van der Waals surface area (Å²) in [5.41, 5.74) is 1.27. The van der Waals surface area contributed by atoms with Crippen molar-refractivity contribution in [3.05, 3.63) is 35.9 Å². The lowest BCUT2D eigenvalue weighted by atomic mass is 9.78. The van der Waals surface area contributed by atoms with Crippen molar-refractivity contribution >= 4 is 11.9 Å². The van der Waals surface area contributed by atoms with Gasteiger partial charge in [-0.25, -0.2) is 4.99 Å². The minimum absolute atomic E-state index is 0.0213. The van der Waals surface area contributed by atoms with Crippen LogP contribution in [0.5, 0.6) is 0 Å². The zero-order valence-corrected chi connectivity index (χ0v) is 18.9. The third-order valence-corrected chi connectivity index (χ3v) is 5.35. The molecule has 0 saturated carbocycles. The second kappa shape index (κ2) is 10.6. The topological polar surface area (TPSA) is 66.0 Å². The van der Waals surface area contributed by atoms with Crippen LogP contribution in [0.25, 0.3) is 0 Å². The highest BCUT2D eigenvalue weighted by molar-refractivity contribution is 5.85. The molecular formula is C23H38N4O2. The summed E-state index contributed by atoms with van der Waals surface area (Å²) in [6, 6.07) is 10.3. The van der Waals surface area contributed by atoms with Crippen molar-refractivity contribution in [3.63, 3.8) is 0 Å². The van der Waals surface area contributed by atoms with E-state index in [2.05, 4.69) is 55.5 Å². The van der Waals surface area contributed by atoms with E-state index in [4.69, 9.17) is 4.74 Å². The van der Waals surface area contributed by atoms with Gasteiger partial charge in [-0.3, -0.25) is 4.79 Å². The molecule has 1 fully saturated rings. The number of rotatable bonds is 6. The molecule has 2 rings (SSSR count). The average Bonchev–Trinajstić information content (AvgIpc) is 2.69. The van der Waals surface area contributed by atoms with Gasteiger partial charge in [0, 0.05) is 33.2 Å². The molecule has 0 aromatic heterocycles. The Bertz CT molecular complexity index is 667. The molecule has 6 heteroatoms. The van der Waals surface area contributed by atoms with Crippen LogP contribution in [0.3, 0.4) is 0 Å². The van der Waals surface area contributed by atoms with Crippen molar-refractivity contribution in [2.75, 3.05) is 33.8 Å². The maximum atomic E-state index is 12.0. The third-order valence-electron chi connectivity index (χ3n) is 5.35. The highest BCUT2D eigenvalue weighted by Gasteiger charge is 2.35. The number of nitrogens with zero attached hydrogens (tertiary/aromatic N) is 2. The van der Waals surface area contributed by atoms with Crippen LogP contribution in [-0.4, -0.2) is 56.7 Å². The lowest BCUT2D eigenvalue weighted by Crippen LogP contribution is -2.48. The number of hydrogen-bond donors (Lipinski definition) is 2. The highest BCUT2D eigenvalue weighted by Crippen LogP contribution is 2.33. The normalized spacial score (nSPS) is 21.4. The Morgan fingerprint density at radius 2 is 1.97 bits per heavy atom. The molecule has 6 nitrogen and oxygen atoms in total. The van der Waals surface area contributed by atoms with Gasteiger partial charge in [0.2, 0.25) is 5.91 Å². The molecule has 29 heavy (non-hydrogen) atoms. The number of ether oxygens (including phenoxy) is 1. The number of aliphatic imine (C=N–C) groups is 1.